The average molecular weight is 204 g/mol. The molecule has 1 aromatic rings. The van der Waals surface area contributed by atoms with Gasteiger partial charge in [0.1, 0.15) is 12.4 Å². The molecule has 0 unspecified atom stereocenters. The van der Waals surface area contributed by atoms with Crippen molar-refractivity contribution >= 4 is 12.2 Å². The first-order chi connectivity index (χ1) is 7.26. The van der Waals surface area contributed by atoms with Crippen LogP contribution in [0.15, 0.2) is 43.5 Å². The number of benzene rings is 1. The van der Waals surface area contributed by atoms with Crippen LogP contribution in [0.5, 0.6) is 5.75 Å². The zero-order valence-corrected chi connectivity index (χ0v) is 8.31. The van der Waals surface area contributed by atoms with Gasteiger partial charge in [0, 0.05) is 0 Å². The third-order valence-electron chi connectivity index (χ3n) is 1.64. The lowest BCUT2D eigenvalue weighted by Crippen LogP contribution is -2.10. The van der Waals surface area contributed by atoms with Gasteiger partial charge in [0.05, 0.1) is 0 Å². The van der Waals surface area contributed by atoms with Gasteiger partial charge in [-0.3, -0.25) is 0 Å². The Morgan fingerprint density at radius 3 is 2.47 bits per heavy atom. The molecule has 0 atom stereocenters. The number of carbonyl (C=O) groups excluding carboxylic acids is 1. The molecule has 3 heteroatoms. The standard InChI is InChI=1S/C12H12O3/c1-3-9-14-12(13)15-11-7-5-10(4-2)6-8-11/h3-8H,1-2,9H2. The third-order valence-corrected chi connectivity index (χ3v) is 1.64. The third kappa shape index (κ3) is 3.68. The molecule has 1 aromatic carbocycles. The van der Waals surface area contributed by atoms with E-state index in [1.165, 1.54) is 6.08 Å². The van der Waals surface area contributed by atoms with E-state index in [0.29, 0.717) is 5.75 Å². The second-order valence-corrected chi connectivity index (χ2v) is 2.72. The molecule has 0 aromatic heterocycles. The fourth-order valence-corrected chi connectivity index (χ4v) is 0.925. The quantitative estimate of drug-likeness (QED) is 0.429. The van der Waals surface area contributed by atoms with Crippen molar-refractivity contribution in [2.75, 3.05) is 6.61 Å². The molecule has 0 N–H and O–H groups in total. The van der Waals surface area contributed by atoms with Crippen LogP contribution in [0.1, 0.15) is 5.56 Å². The van der Waals surface area contributed by atoms with Crippen molar-refractivity contribution < 1.29 is 14.3 Å². The molecule has 0 amide bonds. The van der Waals surface area contributed by atoms with Crippen molar-refractivity contribution in [2.24, 2.45) is 0 Å². The average Bonchev–Trinajstić information content (AvgIpc) is 2.27. The number of rotatable bonds is 4. The summed E-state index contributed by atoms with van der Waals surface area (Å²) in [6.45, 7) is 7.18. The van der Waals surface area contributed by atoms with Crippen molar-refractivity contribution in [1.82, 2.24) is 0 Å². The molecule has 0 radical (unpaired) electrons. The van der Waals surface area contributed by atoms with Gasteiger partial charge in [-0.25, -0.2) is 4.79 Å². The minimum Gasteiger partial charge on any atom is -0.430 e. The van der Waals surface area contributed by atoms with E-state index >= 15 is 0 Å². The van der Waals surface area contributed by atoms with Crippen molar-refractivity contribution in [3.63, 3.8) is 0 Å². The van der Waals surface area contributed by atoms with Gasteiger partial charge in [-0.1, -0.05) is 37.4 Å². The van der Waals surface area contributed by atoms with Crippen LogP contribution in [0, 0.1) is 0 Å². The molecule has 0 heterocycles. The lowest BCUT2D eigenvalue weighted by Gasteiger charge is -2.03. The highest BCUT2D eigenvalue weighted by atomic mass is 16.7. The Hall–Kier alpha value is -2.03. The first-order valence-corrected chi connectivity index (χ1v) is 4.44. The zero-order valence-electron chi connectivity index (χ0n) is 8.31. The summed E-state index contributed by atoms with van der Waals surface area (Å²) in [6, 6.07) is 6.94. The second-order valence-electron chi connectivity index (χ2n) is 2.72. The first-order valence-electron chi connectivity index (χ1n) is 4.44. The second kappa shape index (κ2) is 5.65. The van der Waals surface area contributed by atoms with Crippen molar-refractivity contribution in [3.8, 4) is 5.75 Å². The predicted molar refractivity (Wildman–Crippen MR) is 58.7 cm³/mol. The summed E-state index contributed by atoms with van der Waals surface area (Å²) in [7, 11) is 0. The number of hydrogen-bond acceptors (Lipinski definition) is 3. The maximum Gasteiger partial charge on any atom is 0.514 e. The monoisotopic (exact) mass is 204 g/mol. The molecule has 0 spiro atoms. The normalized spacial score (nSPS) is 9.07. The summed E-state index contributed by atoms with van der Waals surface area (Å²) in [4.78, 5) is 11.0. The van der Waals surface area contributed by atoms with Crippen LogP contribution < -0.4 is 4.74 Å². The van der Waals surface area contributed by atoms with Gasteiger partial charge >= 0.3 is 6.16 Å². The number of hydrogen-bond donors (Lipinski definition) is 0. The van der Waals surface area contributed by atoms with Crippen LogP contribution in [0.2, 0.25) is 0 Å². The summed E-state index contributed by atoms with van der Waals surface area (Å²) in [5.41, 5.74) is 0.960. The molecule has 15 heavy (non-hydrogen) atoms. The van der Waals surface area contributed by atoms with Crippen molar-refractivity contribution in [1.29, 1.82) is 0 Å². The summed E-state index contributed by atoms with van der Waals surface area (Å²) in [5.74, 6) is 0.440. The maximum atomic E-state index is 11.0. The molecule has 3 nitrogen and oxygen atoms in total. The molecule has 0 saturated carbocycles. The Kier molecular flexibility index (Phi) is 4.16. The van der Waals surface area contributed by atoms with Crippen molar-refractivity contribution in [3.05, 3.63) is 49.1 Å². The minimum atomic E-state index is -0.735. The van der Waals surface area contributed by atoms with E-state index in [-0.39, 0.29) is 6.61 Å². The molecule has 0 aliphatic rings. The SMILES string of the molecule is C=CCOC(=O)Oc1ccc(C=C)cc1. The predicted octanol–water partition coefficient (Wildman–Crippen LogP) is 3.03. The highest BCUT2D eigenvalue weighted by Gasteiger charge is 2.03. The molecule has 0 aliphatic carbocycles. The van der Waals surface area contributed by atoms with Gasteiger partial charge in [-0.2, -0.15) is 0 Å². The van der Waals surface area contributed by atoms with E-state index in [1.54, 1.807) is 30.3 Å². The summed E-state index contributed by atoms with van der Waals surface area (Å²) >= 11 is 0. The van der Waals surface area contributed by atoms with E-state index in [0.717, 1.165) is 5.56 Å². The number of carbonyl (C=O) groups is 1. The van der Waals surface area contributed by atoms with Crippen molar-refractivity contribution in [2.45, 2.75) is 0 Å². The lowest BCUT2D eigenvalue weighted by atomic mass is 10.2. The van der Waals surface area contributed by atoms with E-state index in [9.17, 15) is 4.79 Å². The molecule has 0 aliphatic heterocycles. The van der Waals surface area contributed by atoms with E-state index in [4.69, 9.17) is 4.74 Å². The van der Waals surface area contributed by atoms with E-state index < -0.39 is 6.16 Å². The summed E-state index contributed by atoms with van der Waals surface area (Å²) in [6.07, 6.45) is 2.45. The largest absolute Gasteiger partial charge is 0.514 e. The maximum absolute atomic E-state index is 11.0. The molecule has 0 saturated heterocycles. The van der Waals surface area contributed by atoms with E-state index in [2.05, 4.69) is 17.9 Å². The topological polar surface area (TPSA) is 35.5 Å². The van der Waals surface area contributed by atoms with E-state index in [1.807, 2.05) is 0 Å². The minimum absolute atomic E-state index is 0.142. The van der Waals surface area contributed by atoms with Crippen LogP contribution >= 0.6 is 0 Å². The number of ether oxygens (including phenoxy) is 2. The van der Waals surface area contributed by atoms with Crippen LogP contribution in [0.4, 0.5) is 4.79 Å². The Labute approximate surface area is 88.6 Å². The molecule has 0 bridgehead atoms. The highest BCUT2D eigenvalue weighted by Crippen LogP contribution is 2.13. The van der Waals surface area contributed by atoms with Gasteiger partial charge in [-0.15, -0.1) is 0 Å². The Morgan fingerprint density at radius 1 is 1.27 bits per heavy atom. The van der Waals surface area contributed by atoms with Crippen LogP contribution in [-0.4, -0.2) is 12.8 Å². The highest BCUT2D eigenvalue weighted by molar-refractivity contribution is 5.64. The van der Waals surface area contributed by atoms with Gasteiger partial charge in [0.15, 0.2) is 0 Å². The summed E-state index contributed by atoms with van der Waals surface area (Å²) < 4.78 is 9.53. The smallest absolute Gasteiger partial charge is 0.430 e. The van der Waals surface area contributed by atoms with Gasteiger partial charge in [0.2, 0.25) is 0 Å². The summed E-state index contributed by atoms with van der Waals surface area (Å²) in [5, 5.41) is 0. The zero-order chi connectivity index (χ0) is 11.1. The molecule has 78 valence electrons. The molecule has 0 fully saturated rings. The van der Waals surface area contributed by atoms with Gasteiger partial charge in [0.25, 0.3) is 0 Å². The van der Waals surface area contributed by atoms with Gasteiger partial charge in [-0.05, 0) is 17.7 Å². The molecule has 1 rings (SSSR count). The lowest BCUT2D eigenvalue weighted by molar-refractivity contribution is 0.109. The Morgan fingerprint density at radius 2 is 1.93 bits per heavy atom. The van der Waals surface area contributed by atoms with Crippen LogP contribution in [0.3, 0.4) is 0 Å². The molecular formula is C12H12O3. The Bertz CT molecular complexity index is 352. The fourth-order valence-electron chi connectivity index (χ4n) is 0.925. The van der Waals surface area contributed by atoms with Crippen LogP contribution in [0.25, 0.3) is 6.08 Å². The molecular weight excluding hydrogens is 192 g/mol. The fraction of sp³-hybridized carbons (Fsp3) is 0.0833. The van der Waals surface area contributed by atoms with Gasteiger partial charge < -0.3 is 9.47 Å². The van der Waals surface area contributed by atoms with Crippen LogP contribution in [-0.2, 0) is 4.74 Å². The Balaban J connectivity index is 2.53. The first kappa shape index (κ1) is 11.0.